The van der Waals surface area contributed by atoms with E-state index >= 15 is 0 Å². The second kappa shape index (κ2) is 8.17. The minimum absolute atomic E-state index is 0.0101. The summed E-state index contributed by atoms with van der Waals surface area (Å²) in [5, 5.41) is 10.1. The van der Waals surface area contributed by atoms with Crippen LogP contribution in [0.15, 0.2) is 18.3 Å². The molecule has 0 bridgehead atoms. The van der Waals surface area contributed by atoms with E-state index in [1.807, 2.05) is 19.2 Å². The van der Waals surface area contributed by atoms with Crippen molar-refractivity contribution in [3.05, 3.63) is 23.9 Å². The van der Waals surface area contributed by atoms with Crippen LogP contribution < -0.4 is 4.90 Å². The second-order valence-corrected chi connectivity index (χ2v) is 7.87. The van der Waals surface area contributed by atoms with Crippen LogP contribution in [0.5, 0.6) is 0 Å². The molecule has 5 heteroatoms. The van der Waals surface area contributed by atoms with Crippen LogP contribution in [-0.2, 0) is 0 Å². The van der Waals surface area contributed by atoms with Crippen LogP contribution in [0.3, 0.4) is 0 Å². The van der Waals surface area contributed by atoms with E-state index in [9.17, 15) is 9.90 Å². The third-order valence-electron chi connectivity index (χ3n) is 5.83. The number of hydrogen-bond donors (Lipinski definition) is 1. The monoisotopic (exact) mass is 345 g/mol. The van der Waals surface area contributed by atoms with Crippen LogP contribution in [-0.4, -0.2) is 53.7 Å². The lowest BCUT2D eigenvalue weighted by molar-refractivity contribution is 0.0451. The molecule has 2 atom stereocenters. The SMILES string of the molecule is CC1CCN(c2ccc(C(=O)N(C)CC3CCCCC3O)cn2)CC1. The molecule has 25 heavy (non-hydrogen) atoms. The molecule has 1 N–H and O–H groups in total. The Kier molecular flexibility index (Phi) is 5.94. The summed E-state index contributed by atoms with van der Waals surface area (Å²) in [6, 6.07) is 3.85. The van der Waals surface area contributed by atoms with Gasteiger partial charge in [-0.3, -0.25) is 4.79 Å². The number of carbonyl (C=O) groups excluding carboxylic acids is 1. The molecule has 1 saturated heterocycles. The van der Waals surface area contributed by atoms with Crippen LogP contribution in [0.2, 0.25) is 0 Å². The minimum atomic E-state index is -0.272. The van der Waals surface area contributed by atoms with Gasteiger partial charge in [-0.1, -0.05) is 19.8 Å². The summed E-state index contributed by atoms with van der Waals surface area (Å²) < 4.78 is 0. The standard InChI is InChI=1S/C20H31N3O2/c1-15-9-11-23(12-10-15)19-8-7-16(13-21-19)20(25)22(2)14-17-5-3-4-6-18(17)24/h7-8,13,15,17-18,24H,3-6,9-12,14H2,1-2H3. The molecule has 2 heterocycles. The minimum Gasteiger partial charge on any atom is -0.393 e. The van der Waals surface area contributed by atoms with Crippen molar-refractivity contribution in [2.45, 2.75) is 51.6 Å². The van der Waals surface area contributed by atoms with Crippen LogP contribution >= 0.6 is 0 Å². The molecule has 1 aromatic rings. The predicted molar refractivity (Wildman–Crippen MR) is 99.8 cm³/mol. The number of hydrogen-bond acceptors (Lipinski definition) is 4. The van der Waals surface area contributed by atoms with Crippen molar-refractivity contribution in [1.82, 2.24) is 9.88 Å². The Balaban J connectivity index is 1.58. The van der Waals surface area contributed by atoms with E-state index < -0.39 is 0 Å². The highest BCUT2D eigenvalue weighted by Crippen LogP contribution is 2.25. The Morgan fingerprint density at radius 2 is 1.96 bits per heavy atom. The summed E-state index contributed by atoms with van der Waals surface area (Å²) in [5.41, 5.74) is 0.627. The number of amides is 1. The van der Waals surface area contributed by atoms with Crippen LogP contribution in [0, 0.1) is 11.8 Å². The third kappa shape index (κ3) is 4.51. The average molecular weight is 345 g/mol. The summed E-state index contributed by atoms with van der Waals surface area (Å²) in [4.78, 5) is 21.2. The van der Waals surface area contributed by atoms with Crippen molar-refractivity contribution < 1.29 is 9.90 Å². The fourth-order valence-corrected chi connectivity index (χ4v) is 3.99. The number of aliphatic hydroxyl groups is 1. The zero-order valence-electron chi connectivity index (χ0n) is 15.5. The number of aromatic nitrogens is 1. The lowest BCUT2D eigenvalue weighted by atomic mass is 9.86. The maximum Gasteiger partial charge on any atom is 0.255 e. The number of pyridine rings is 1. The Morgan fingerprint density at radius 3 is 2.60 bits per heavy atom. The van der Waals surface area contributed by atoms with Gasteiger partial charge in [-0.25, -0.2) is 4.98 Å². The number of nitrogens with zero attached hydrogens (tertiary/aromatic N) is 3. The molecule has 2 fully saturated rings. The molecule has 1 aliphatic heterocycles. The fraction of sp³-hybridized carbons (Fsp3) is 0.700. The topological polar surface area (TPSA) is 56.7 Å². The summed E-state index contributed by atoms with van der Waals surface area (Å²) >= 11 is 0. The van der Waals surface area contributed by atoms with Gasteiger partial charge >= 0.3 is 0 Å². The van der Waals surface area contributed by atoms with Gasteiger partial charge < -0.3 is 14.9 Å². The molecule has 0 radical (unpaired) electrons. The largest absolute Gasteiger partial charge is 0.393 e. The van der Waals surface area contributed by atoms with Crippen LogP contribution in [0.25, 0.3) is 0 Å². The smallest absolute Gasteiger partial charge is 0.255 e. The van der Waals surface area contributed by atoms with Crippen molar-refractivity contribution in [1.29, 1.82) is 0 Å². The molecular weight excluding hydrogens is 314 g/mol. The van der Waals surface area contributed by atoms with Gasteiger partial charge in [-0.15, -0.1) is 0 Å². The highest BCUT2D eigenvalue weighted by Gasteiger charge is 2.26. The van der Waals surface area contributed by atoms with E-state index in [1.54, 1.807) is 11.1 Å². The fourth-order valence-electron chi connectivity index (χ4n) is 3.99. The van der Waals surface area contributed by atoms with E-state index in [0.717, 1.165) is 50.5 Å². The summed E-state index contributed by atoms with van der Waals surface area (Å²) in [6.45, 7) is 5.00. The van der Waals surface area contributed by atoms with Gasteiger partial charge in [-0.05, 0) is 43.7 Å². The summed E-state index contributed by atoms with van der Waals surface area (Å²) in [5.74, 6) is 1.95. The molecule has 138 valence electrons. The molecule has 1 aliphatic carbocycles. The number of anilines is 1. The van der Waals surface area contributed by atoms with Gasteiger partial charge in [0, 0.05) is 38.8 Å². The first-order valence-electron chi connectivity index (χ1n) is 9.69. The first-order valence-corrected chi connectivity index (χ1v) is 9.69. The Labute approximate surface area is 151 Å². The molecule has 1 saturated carbocycles. The number of aliphatic hydroxyl groups excluding tert-OH is 1. The molecule has 2 unspecified atom stereocenters. The Morgan fingerprint density at radius 1 is 1.24 bits per heavy atom. The molecule has 2 aliphatic rings. The van der Waals surface area contributed by atoms with E-state index in [1.165, 1.54) is 12.8 Å². The maximum absolute atomic E-state index is 12.6. The van der Waals surface area contributed by atoms with Crippen molar-refractivity contribution in [3.63, 3.8) is 0 Å². The van der Waals surface area contributed by atoms with E-state index in [-0.39, 0.29) is 17.9 Å². The predicted octanol–water partition coefficient (Wildman–Crippen LogP) is 2.94. The second-order valence-electron chi connectivity index (χ2n) is 7.87. The molecule has 5 nitrogen and oxygen atoms in total. The average Bonchev–Trinajstić information content (AvgIpc) is 2.64. The van der Waals surface area contributed by atoms with E-state index in [2.05, 4.69) is 16.8 Å². The van der Waals surface area contributed by atoms with Crippen molar-refractivity contribution >= 4 is 11.7 Å². The van der Waals surface area contributed by atoms with Crippen LogP contribution in [0.1, 0.15) is 55.8 Å². The quantitative estimate of drug-likeness (QED) is 0.911. The summed E-state index contributed by atoms with van der Waals surface area (Å²) in [7, 11) is 1.82. The third-order valence-corrected chi connectivity index (χ3v) is 5.83. The van der Waals surface area contributed by atoms with Gasteiger partial charge in [-0.2, -0.15) is 0 Å². The molecule has 0 spiro atoms. The Bertz CT molecular complexity index is 567. The highest BCUT2D eigenvalue weighted by molar-refractivity contribution is 5.93. The van der Waals surface area contributed by atoms with Gasteiger partial charge in [0.25, 0.3) is 5.91 Å². The van der Waals surface area contributed by atoms with Gasteiger partial charge in [0.15, 0.2) is 0 Å². The first-order chi connectivity index (χ1) is 12.0. The van der Waals surface area contributed by atoms with E-state index in [0.29, 0.717) is 12.1 Å². The van der Waals surface area contributed by atoms with Gasteiger partial charge in [0.2, 0.25) is 0 Å². The summed E-state index contributed by atoms with van der Waals surface area (Å²) in [6.07, 6.45) is 7.93. The molecular formula is C20H31N3O2. The maximum atomic E-state index is 12.6. The van der Waals surface area contributed by atoms with Crippen molar-refractivity contribution in [2.24, 2.45) is 11.8 Å². The van der Waals surface area contributed by atoms with Crippen molar-refractivity contribution in [2.75, 3.05) is 31.6 Å². The molecule has 1 aromatic heterocycles. The lowest BCUT2D eigenvalue weighted by Gasteiger charge is -2.32. The van der Waals surface area contributed by atoms with E-state index in [4.69, 9.17) is 0 Å². The molecule has 3 rings (SSSR count). The molecule has 0 aromatic carbocycles. The van der Waals surface area contributed by atoms with Gasteiger partial charge in [0.05, 0.1) is 11.7 Å². The number of piperidine rings is 1. The zero-order chi connectivity index (χ0) is 17.8. The highest BCUT2D eigenvalue weighted by atomic mass is 16.3. The van der Waals surface area contributed by atoms with Crippen molar-refractivity contribution in [3.8, 4) is 0 Å². The van der Waals surface area contributed by atoms with Crippen LogP contribution in [0.4, 0.5) is 5.82 Å². The lowest BCUT2D eigenvalue weighted by Crippen LogP contribution is -2.38. The number of carbonyl (C=O) groups is 1. The first kappa shape index (κ1) is 18.2. The normalized spacial score (nSPS) is 25.0. The number of rotatable bonds is 4. The Hall–Kier alpha value is -1.62. The van der Waals surface area contributed by atoms with Gasteiger partial charge in [0.1, 0.15) is 5.82 Å². The zero-order valence-corrected chi connectivity index (χ0v) is 15.5. The molecule has 1 amide bonds.